The molecule has 0 aromatic carbocycles. The van der Waals surface area contributed by atoms with E-state index in [4.69, 9.17) is 0 Å². The van der Waals surface area contributed by atoms with E-state index in [0.29, 0.717) is 12.1 Å². The number of pyridine rings is 1. The van der Waals surface area contributed by atoms with E-state index in [0.717, 1.165) is 37.2 Å². The van der Waals surface area contributed by atoms with E-state index in [-0.39, 0.29) is 0 Å². The lowest BCUT2D eigenvalue weighted by Crippen LogP contribution is -2.57. The molecule has 1 aliphatic carbocycles. The third kappa shape index (κ3) is 3.15. The molecule has 2 fully saturated rings. The number of nitrogens with one attached hydrogen (secondary N) is 1. The van der Waals surface area contributed by atoms with E-state index in [1.165, 1.54) is 19.0 Å². The molecule has 1 aliphatic heterocycles. The SMILES string of the molecule is CCC1CNC(C2CC2)CN1c1ccc(C(F)(F)F)nc1. The van der Waals surface area contributed by atoms with Crippen LogP contribution in [0.25, 0.3) is 0 Å². The number of aromatic nitrogens is 1. The van der Waals surface area contributed by atoms with Gasteiger partial charge in [-0.15, -0.1) is 0 Å². The molecule has 1 saturated carbocycles. The van der Waals surface area contributed by atoms with Crippen LogP contribution >= 0.6 is 0 Å². The zero-order valence-corrected chi connectivity index (χ0v) is 12.0. The van der Waals surface area contributed by atoms with Crippen molar-refractivity contribution in [2.45, 2.75) is 44.4 Å². The Balaban J connectivity index is 1.78. The van der Waals surface area contributed by atoms with Crippen molar-refractivity contribution in [3.8, 4) is 0 Å². The van der Waals surface area contributed by atoms with Crippen molar-refractivity contribution in [3.63, 3.8) is 0 Å². The Morgan fingerprint density at radius 2 is 2.10 bits per heavy atom. The Kier molecular flexibility index (Phi) is 3.82. The van der Waals surface area contributed by atoms with Gasteiger partial charge in [0.25, 0.3) is 0 Å². The van der Waals surface area contributed by atoms with Gasteiger partial charge in [0.1, 0.15) is 5.69 Å². The number of hydrogen-bond donors (Lipinski definition) is 1. The van der Waals surface area contributed by atoms with Crippen LogP contribution in [0.2, 0.25) is 0 Å². The highest BCUT2D eigenvalue weighted by atomic mass is 19.4. The van der Waals surface area contributed by atoms with E-state index in [1.807, 2.05) is 0 Å². The molecule has 0 amide bonds. The Labute approximate surface area is 122 Å². The Bertz CT molecular complexity index is 482. The maximum Gasteiger partial charge on any atom is 0.433 e. The van der Waals surface area contributed by atoms with E-state index >= 15 is 0 Å². The summed E-state index contributed by atoms with van der Waals surface area (Å²) in [4.78, 5) is 5.81. The number of hydrogen-bond acceptors (Lipinski definition) is 3. The quantitative estimate of drug-likeness (QED) is 0.930. The standard InChI is InChI=1S/C15H20F3N3/c1-2-11-7-19-13(10-3-4-10)9-21(11)12-5-6-14(20-8-12)15(16,17)18/h5-6,8,10-11,13,19H,2-4,7,9H2,1H3. The van der Waals surface area contributed by atoms with Crippen LogP contribution in [0.5, 0.6) is 0 Å². The summed E-state index contributed by atoms with van der Waals surface area (Å²) in [5, 5.41) is 3.58. The second-order valence-electron chi connectivity index (χ2n) is 5.97. The van der Waals surface area contributed by atoms with Crippen LogP contribution in [-0.4, -0.2) is 30.2 Å². The lowest BCUT2D eigenvalue weighted by molar-refractivity contribution is -0.141. The number of alkyl halides is 3. The highest BCUT2D eigenvalue weighted by Gasteiger charge is 2.37. The predicted octanol–water partition coefficient (Wildman–Crippen LogP) is 3.07. The van der Waals surface area contributed by atoms with Crippen LogP contribution in [0.3, 0.4) is 0 Å². The maximum atomic E-state index is 12.6. The second-order valence-corrected chi connectivity index (χ2v) is 5.97. The molecule has 0 radical (unpaired) electrons. The third-order valence-corrected chi connectivity index (χ3v) is 4.48. The van der Waals surface area contributed by atoms with Crippen molar-refractivity contribution < 1.29 is 13.2 Å². The van der Waals surface area contributed by atoms with Gasteiger partial charge in [0.05, 0.1) is 11.9 Å². The normalized spacial score (nSPS) is 27.0. The number of nitrogens with zero attached hydrogens (tertiary/aromatic N) is 2. The number of piperazine rings is 1. The fourth-order valence-electron chi connectivity index (χ4n) is 3.04. The highest BCUT2D eigenvalue weighted by Crippen LogP contribution is 2.36. The molecule has 2 atom stereocenters. The molecular weight excluding hydrogens is 279 g/mol. The zero-order chi connectivity index (χ0) is 15.0. The van der Waals surface area contributed by atoms with Crippen molar-refractivity contribution in [2.75, 3.05) is 18.0 Å². The monoisotopic (exact) mass is 299 g/mol. The van der Waals surface area contributed by atoms with Crippen LogP contribution in [0.15, 0.2) is 18.3 Å². The van der Waals surface area contributed by atoms with Gasteiger partial charge in [-0.2, -0.15) is 13.2 Å². The summed E-state index contributed by atoms with van der Waals surface area (Å²) in [7, 11) is 0. The van der Waals surface area contributed by atoms with Gasteiger partial charge >= 0.3 is 6.18 Å². The Hall–Kier alpha value is -1.30. The van der Waals surface area contributed by atoms with Crippen LogP contribution in [-0.2, 0) is 6.18 Å². The van der Waals surface area contributed by atoms with Crippen molar-refractivity contribution in [1.29, 1.82) is 0 Å². The first kappa shape index (κ1) is 14.6. The first-order valence-corrected chi connectivity index (χ1v) is 7.52. The van der Waals surface area contributed by atoms with Gasteiger partial charge in [0.15, 0.2) is 0 Å². The van der Waals surface area contributed by atoms with Crippen LogP contribution < -0.4 is 10.2 Å². The molecule has 1 aromatic rings. The topological polar surface area (TPSA) is 28.2 Å². The molecule has 2 unspecified atom stereocenters. The molecule has 0 bridgehead atoms. The Morgan fingerprint density at radius 1 is 1.33 bits per heavy atom. The first-order valence-electron chi connectivity index (χ1n) is 7.52. The molecular formula is C15H20F3N3. The van der Waals surface area contributed by atoms with Crippen molar-refractivity contribution in [1.82, 2.24) is 10.3 Å². The van der Waals surface area contributed by atoms with E-state index in [2.05, 4.69) is 22.1 Å². The summed E-state index contributed by atoms with van der Waals surface area (Å²) < 4.78 is 37.8. The predicted molar refractivity (Wildman–Crippen MR) is 75.2 cm³/mol. The van der Waals surface area contributed by atoms with Crippen LogP contribution in [0.1, 0.15) is 31.9 Å². The van der Waals surface area contributed by atoms with Gasteiger partial charge in [-0.05, 0) is 37.3 Å². The van der Waals surface area contributed by atoms with Crippen LogP contribution in [0, 0.1) is 5.92 Å². The minimum Gasteiger partial charge on any atom is -0.364 e. The fraction of sp³-hybridized carbons (Fsp3) is 0.667. The molecule has 1 aromatic heterocycles. The molecule has 116 valence electrons. The smallest absolute Gasteiger partial charge is 0.364 e. The fourth-order valence-corrected chi connectivity index (χ4v) is 3.04. The number of rotatable bonds is 3. The number of anilines is 1. The molecule has 3 rings (SSSR count). The third-order valence-electron chi connectivity index (χ3n) is 4.48. The summed E-state index contributed by atoms with van der Waals surface area (Å²) in [6, 6.07) is 3.40. The van der Waals surface area contributed by atoms with E-state index in [9.17, 15) is 13.2 Å². The zero-order valence-electron chi connectivity index (χ0n) is 12.0. The summed E-state index contributed by atoms with van der Waals surface area (Å²) in [5.74, 6) is 0.729. The lowest BCUT2D eigenvalue weighted by Gasteiger charge is -2.41. The van der Waals surface area contributed by atoms with Gasteiger partial charge in [0, 0.05) is 25.2 Å². The van der Waals surface area contributed by atoms with Gasteiger partial charge in [-0.3, -0.25) is 0 Å². The van der Waals surface area contributed by atoms with Crippen molar-refractivity contribution in [2.24, 2.45) is 5.92 Å². The molecule has 1 N–H and O–H groups in total. The number of halogens is 3. The van der Waals surface area contributed by atoms with Gasteiger partial charge in [-0.1, -0.05) is 6.92 Å². The van der Waals surface area contributed by atoms with E-state index < -0.39 is 11.9 Å². The molecule has 6 heteroatoms. The largest absolute Gasteiger partial charge is 0.433 e. The molecule has 2 heterocycles. The van der Waals surface area contributed by atoms with E-state index in [1.54, 1.807) is 6.07 Å². The lowest BCUT2D eigenvalue weighted by atomic mass is 10.0. The summed E-state index contributed by atoms with van der Waals surface area (Å²) in [5.41, 5.74) is -0.0322. The summed E-state index contributed by atoms with van der Waals surface area (Å²) in [6.45, 7) is 3.85. The second kappa shape index (κ2) is 5.48. The first-order chi connectivity index (χ1) is 9.99. The molecule has 21 heavy (non-hydrogen) atoms. The molecule has 0 spiro atoms. The Morgan fingerprint density at radius 3 is 2.62 bits per heavy atom. The molecule has 2 aliphatic rings. The average Bonchev–Trinajstić information content (AvgIpc) is 3.30. The molecule has 3 nitrogen and oxygen atoms in total. The maximum absolute atomic E-state index is 12.6. The molecule has 1 saturated heterocycles. The minimum atomic E-state index is -4.37. The highest BCUT2D eigenvalue weighted by molar-refractivity contribution is 5.47. The van der Waals surface area contributed by atoms with Gasteiger partial charge in [0.2, 0.25) is 0 Å². The van der Waals surface area contributed by atoms with Gasteiger partial charge in [-0.25, -0.2) is 4.98 Å². The minimum absolute atomic E-state index is 0.318. The van der Waals surface area contributed by atoms with Crippen LogP contribution in [0.4, 0.5) is 18.9 Å². The summed E-state index contributed by atoms with van der Waals surface area (Å²) >= 11 is 0. The van der Waals surface area contributed by atoms with Gasteiger partial charge < -0.3 is 10.2 Å². The summed E-state index contributed by atoms with van der Waals surface area (Å²) in [6.07, 6.45) is 0.468. The van der Waals surface area contributed by atoms with Crippen molar-refractivity contribution >= 4 is 5.69 Å². The van der Waals surface area contributed by atoms with Crippen molar-refractivity contribution in [3.05, 3.63) is 24.0 Å². The average molecular weight is 299 g/mol.